The normalized spacial score (nSPS) is 18.3. The molecule has 0 saturated carbocycles. The van der Waals surface area contributed by atoms with Crippen molar-refractivity contribution in [2.45, 2.75) is 25.7 Å². The van der Waals surface area contributed by atoms with Crippen LogP contribution in [0.3, 0.4) is 0 Å². The van der Waals surface area contributed by atoms with Crippen LogP contribution in [0.25, 0.3) is 31.0 Å². The van der Waals surface area contributed by atoms with Gasteiger partial charge >= 0.3 is 33.0 Å². The Morgan fingerprint density at radius 3 is 2.23 bits per heavy atom. The van der Waals surface area contributed by atoms with Crippen LogP contribution in [-0.2, 0) is 17.6 Å². The number of thiocarbonyl (C=S) groups is 1. The summed E-state index contributed by atoms with van der Waals surface area (Å²) in [7, 11) is -6.40. The van der Waals surface area contributed by atoms with E-state index < -0.39 is 7.81 Å². The van der Waals surface area contributed by atoms with Gasteiger partial charge in [0.25, 0.3) is 0 Å². The van der Waals surface area contributed by atoms with Crippen LogP contribution in [0.4, 0.5) is 30.9 Å². The average Bonchev–Trinajstić information content (AvgIpc) is 3.44. The molecule has 238 valence electrons. The zero-order valence-electron chi connectivity index (χ0n) is 24.2. The van der Waals surface area contributed by atoms with E-state index in [1.807, 2.05) is 22.7 Å². The monoisotopic (exact) mass is 691 g/mol. The van der Waals surface area contributed by atoms with E-state index in [4.69, 9.17) is 17.0 Å². The standard InChI is InChI=1S/C30H32N3OS3.F6P/c1-31(2)20-7-8-21-26(18-20)37-29-22-6-4-12-32-11-3-5-19(28(22)32)17-23(29)27(21)24-9-10-25(36-24)30(35)33-13-15-34-16-14-33;1-7(2,3,4,5)6/h7-10,17-18H,3-6,11-16H2,1-2H3;/q+1;-1. The maximum atomic E-state index is 9.87. The first kappa shape index (κ1) is 31.7. The summed E-state index contributed by atoms with van der Waals surface area (Å²) in [6, 6.07) is 14.1. The van der Waals surface area contributed by atoms with Gasteiger partial charge in [0.2, 0.25) is 5.36 Å². The number of thiophene rings is 1. The predicted molar refractivity (Wildman–Crippen MR) is 175 cm³/mol. The van der Waals surface area contributed by atoms with Gasteiger partial charge in [-0.1, -0.05) is 12.2 Å². The molecule has 2 aromatic rings. The van der Waals surface area contributed by atoms with E-state index in [2.05, 4.69) is 64.9 Å². The van der Waals surface area contributed by atoms with Gasteiger partial charge in [0.15, 0.2) is 0 Å². The topological polar surface area (TPSA) is 18.7 Å². The number of fused-ring (bicyclic) bond motifs is 3. The molecule has 14 heteroatoms. The van der Waals surface area contributed by atoms with E-state index in [1.165, 1.54) is 80.0 Å². The number of nitrogens with zero attached hydrogens (tertiary/aromatic N) is 3. The zero-order valence-corrected chi connectivity index (χ0v) is 27.6. The van der Waals surface area contributed by atoms with E-state index in [0.29, 0.717) is 0 Å². The fraction of sp³-hybridized carbons (Fsp3) is 0.400. The minimum atomic E-state index is -10.7. The Hall–Kier alpha value is -2.31. The molecule has 0 atom stereocenters. The first-order valence-corrected chi connectivity index (χ1v) is 18.4. The van der Waals surface area contributed by atoms with Gasteiger partial charge in [0.1, 0.15) is 19.1 Å². The minimum absolute atomic E-state index is 0.757. The van der Waals surface area contributed by atoms with Crippen LogP contribution in [0.1, 0.15) is 28.8 Å². The van der Waals surface area contributed by atoms with Crippen LogP contribution in [0.15, 0.2) is 36.4 Å². The third-order valence-corrected chi connectivity index (χ3v) is 11.0. The Balaban J connectivity index is 0.000000441. The van der Waals surface area contributed by atoms with Crippen LogP contribution in [0.2, 0.25) is 0 Å². The molecule has 1 aliphatic carbocycles. The van der Waals surface area contributed by atoms with E-state index in [1.54, 1.807) is 16.8 Å². The molecule has 1 saturated heterocycles. The number of anilines is 1. The van der Waals surface area contributed by atoms with Crippen LogP contribution in [0, 0.1) is 0 Å². The third-order valence-electron chi connectivity index (χ3n) is 8.07. The van der Waals surface area contributed by atoms with Gasteiger partial charge in [-0.2, -0.15) is 0 Å². The summed E-state index contributed by atoms with van der Waals surface area (Å²) in [5.41, 5.74) is 7.42. The Kier molecular flexibility index (Phi) is 7.84. The average molecular weight is 692 g/mol. The SMILES string of the molecule is C[N+](C)=c1ccc2c(-c3ccc(C(=S)N4CCOCC4)s3)c3cc4c5c(c3sc-2c1)CCCN5CCC4.F[P-](F)(F)(F)(F)F. The van der Waals surface area contributed by atoms with Gasteiger partial charge in [-0.3, -0.25) is 0 Å². The Morgan fingerprint density at radius 1 is 0.864 bits per heavy atom. The van der Waals surface area contributed by atoms with Crippen LogP contribution in [-0.4, -0.2) is 63.4 Å². The van der Waals surface area contributed by atoms with Crippen molar-refractivity contribution in [2.75, 3.05) is 58.4 Å². The van der Waals surface area contributed by atoms with E-state index in [9.17, 15) is 25.2 Å². The van der Waals surface area contributed by atoms with Gasteiger partial charge in [0.05, 0.1) is 18.1 Å². The maximum absolute atomic E-state index is 10.7. The number of aryl methyl sites for hydroxylation is 2. The Bertz CT molecular complexity index is 1800. The first-order chi connectivity index (χ1) is 20.5. The second-order valence-corrected chi connectivity index (χ2v) is 16.0. The second kappa shape index (κ2) is 10.9. The third kappa shape index (κ3) is 7.07. The molecule has 7 rings (SSSR count). The molecule has 0 radical (unpaired) electrons. The summed E-state index contributed by atoms with van der Waals surface area (Å²) in [5, 5.41) is 2.68. The number of benzene rings is 2. The van der Waals surface area contributed by atoms with Crippen molar-refractivity contribution in [3.8, 4) is 20.9 Å². The zero-order chi connectivity index (χ0) is 31.5. The Labute approximate surface area is 264 Å². The van der Waals surface area contributed by atoms with Gasteiger partial charge < -0.3 is 14.5 Å². The summed E-state index contributed by atoms with van der Waals surface area (Å²) in [6.07, 6.45) is 4.88. The predicted octanol–water partition coefficient (Wildman–Crippen LogP) is 8.86. The molecule has 0 amide bonds. The van der Waals surface area contributed by atoms with Crippen LogP contribution in [0.5, 0.6) is 0 Å². The van der Waals surface area contributed by atoms with Gasteiger partial charge in [-0.05, 0) is 61.1 Å². The fourth-order valence-corrected chi connectivity index (χ4v) is 8.94. The van der Waals surface area contributed by atoms with Crippen molar-refractivity contribution in [3.05, 3.63) is 57.8 Å². The summed E-state index contributed by atoms with van der Waals surface area (Å²) >= 11 is 9.80. The van der Waals surface area contributed by atoms with Gasteiger partial charge in [0, 0.05) is 75.0 Å². The summed E-state index contributed by atoms with van der Waals surface area (Å²) in [5.74, 6) is 0. The molecule has 44 heavy (non-hydrogen) atoms. The molecule has 1 aromatic carbocycles. The quantitative estimate of drug-likeness (QED) is 0.0688. The van der Waals surface area contributed by atoms with Crippen molar-refractivity contribution in [1.82, 2.24) is 9.48 Å². The van der Waals surface area contributed by atoms with Gasteiger partial charge in [-0.15, -0.1) is 22.7 Å². The number of ether oxygens (including phenoxy) is 1. The van der Waals surface area contributed by atoms with Crippen molar-refractivity contribution >= 4 is 63.5 Å². The van der Waals surface area contributed by atoms with Crippen molar-refractivity contribution in [1.29, 1.82) is 0 Å². The molecule has 4 nitrogen and oxygen atoms in total. The molecule has 1 fully saturated rings. The number of morpholine rings is 1. The molecule has 5 heterocycles. The molecule has 0 N–H and O–H groups in total. The Morgan fingerprint density at radius 2 is 1.55 bits per heavy atom. The summed E-state index contributed by atoms with van der Waals surface area (Å²) in [6.45, 7) is 5.68. The van der Waals surface area contributed by atoms with E-state index >= 15 is 0 Å². The van der Waals surface area contributed by atoms with Crippen molar-refractivity contribution < 1.29 is 29.9 Å². The number of hydrogen-bond donors (Lipinski definition) is 0. The number of halogens is 6. The van der Waals surface area contributed by atoms with E-state index in [0.717, 1.165) is 31.3 Å². The molecule has 0 unspecified atom stereocenters. The second-order valence-electron chi connectivity index (χ2n) is 11.5. The van der Waals surface area contributed by atoms with E-state index in [-0.39, 0.29) is 0 Å². The van der Waals surface area contributed by atoms with Crippen LogP contribution >= 0.6 is 42.7 Å². The molecular formula is C30H32F6N3OPS3. The van der Waals surface area contributed by atoms with Crippen molar-refractivity contribution in [3.63, 3.8) is 0 Å². The summed E-state index contributed by atoms with van der Waals surface area (Å²) in [4.78, 5) is 9.80. The van der Waals surface area contributed by atoms with Crippen LogP contribution < -0.4 is 14.8 Å². The van der Waals surface area contributed by atoms with Gasteiger partial charge in [-0.25, -0.2) is 4.58 Å². The first-order valence-electron chi connectivity index (χ1n) is 14.4. The molecule has 5 aliphatic rings. The fourth-order valence-electron chi connectivity index (χ4n) is 6.24. The summed E-state index contributed by atoms with van der Waals surface area (Å²) < 4.78 is 68.4. The molecule has 4 aliphatic heterocycles. The molecular weight excluding hydrogens is 660 g/mol. The molecule has 0 spiro atoms. The number of hydrogen-bond acceptors (Lipinski definition) is 5. The van der Waals surface area contributed by atoms with Crippen molar-refractivity contribution in [2.24, 2.45) is 0 Å². The molecule has 0 bridgehead atoms. The number of rotatable bonds is 2. The molecule has 1 aromatic heterocycles.